The van der Waals surface area contributed by atoms with Gasteiger partial charge in [0, 0.05) is 23.5 Å². The lowest BCUT2D eigenvalue weighted by Crippen LogP contribution is -2.45. The van der Waals surface area contributed by atoms with E-state index in [1.807, 2.05) is 26.0 Å². The van der Waals surface area contributed by atoms with Crippen LogP contribution in [0.3, 0.4) is 0 Å². The molecule has 0 amide bonds. The third kappa shape index (κ3) is 3.07. The third-order valence-corrected chi connectivity index (χ3v) is 5.10. The first-order valence-electron chi connectivity index (χ1n) is 7.44. The van der Waals surface area contributed by atoms with Gasteiger partial charge in [-0.15, -0.1) is 0 Å². The van der Waals surface area contributed by atoms with Gasteiger partial charge in [-0.2, -0.15) is 0 Å². The van der Waals surface area contributed by atoms with Gasteiger partial charge in [-0.3, -0.25) is 9.71 Å². The fraction of sp³-hybridized carbons (Fsp3) is 0.235. The average molecular weight is 345 g/mol. The Labute approximate surface area is 141 Å². The molecule has 6 nitrogen and oxygen atoms in total. The van der Waals surface area contributed by atoms with Crippen LogP contribution >= 0.6 is 0 Å². The predicted molar refractivity (Wildman–Crippen MR) is 93.2 cm³/mol. The minimum absolute atomic E-state index is 0.133. The largest absolute Gasteiger partial charge is 0.494 e. The Bertz CT molecular complexity index is 905. The highest BCUT2D eigenvalue weighted by molar-refractivity contribution is 7.92. The van der Waals surface area contributed by atoms with Crippen molar-refractivity contribution in [2.75, 3.05) is 11.8 Å². The second kappa shape index (κ2) is 5.83. The summed E-state index contributed by atoms with van der Waals surface area (Å²) in [5, 5.41) is 3.27. The van der Waals surface area contributed by atoms with Crippen LogP contribution in [-0.2, 0) is 10.0 Å². The molecule has 1 aliphatic heterocycles. The monoisotopic (exact) mass is 345 g/mol. The number of hydrogen-bond acceptors (Lipinski definition) is 5. The van der Waals surface area contributed by atoms with Crippen LogP contribution < -0.4 is 14.8 Å². The number of pyridine rings is 1. The van der Waals surface area contributed by atoms with Crippen LogP contribution in [0, 0.1) is 0 Å². The van der Waals surface area contributed by atoms with Gasteiger partial charge >= 0.3 is 0 Å². The second-order valence-electron chi connectivity index (χ2n) is 6.08. The van der Waals surface area contributed by atoms with Crippen LogP contribution in [0.1, 0.15) is 19.4 Å². The van der Waals surface area contributed by atoms with Gasteiger partial charge in [0.05, 0.1) is 23.7 Å². The van der Waals surface area contributed by atoms with Crippen LogP contribution in [0.15, 0.2) is 53.7 Å². The topological polar surface area (TPSA) is 80.3 Å². The fourth-order valence-corrected chi connectivity index (χ4v) is 3.89. The number of benzene rings is 1. The molecule has 0 unspecified atom stereocenters. The SMILES string of the molecule is COc1ccncc1NS(=O)(=O)c1ccccc1C1=CC(C)(C)N1. The summed E-state index contributed by atoms with van der Waals surface area (Å²) in [6.07, 6.45) is 4.96. The normalized spacial score (nSPS) is 15.7. The number of rotatable bonds is 5. The summed E-state index contributed by atoms with van der Waals surface area (Å²) in [4.78, 5) is 4.14. The second-order valence-corrected chi connectivity index (χ2v) is 7.73. The molecule has 1 aromatic carbocycles. The third-order valence-electron chi connectivity index (χ3n) is 3.67. The molecule has 2 heterocycles. The van der Waals surface area contributed by atoms with E-state index in [4.69, 9.17) is 4.74 Å². The Morgan fingerprint density at radius 1 is 1.21 bits per heavy atom. The summed E-state index contributed by atoms with van der Waals surface area (Å²) in [7, 11) is -2.31. The van der Waals surface area contributed by atoms with Gasteiger partial charge in [0.1, 0.15) is 11.4 Å². The Balaban J connectivity index is 2.00. The summed E-state index contributed by atoms with van der Waals surface area (Å²) in [5.74, 6) is 0.410. The van der Waals surface area contributed by atoms with E-state index in [1.54, 1.807) is 24.3 Å². The summed E-state index contributed by atoms with van der Waals surface area (Å²) in [5.41, 5.74) is 1.60. The van der Waals surface area contributed by atoms with Crippen LogP contribution in [0.5, 0.6) is 5.75 Å². The highest BCUT2D eigenvalue weighted by Gasteiger charge is 2.30. The maximum atomic E-state index is 12.8. The zero-order valence-corrected chi connectivity index (χ0v) is 14.5. The number of aromatic nitrogens is 1. The van der Waals surface area contributed by atoms with Crippen molar-refractivity contribution in [3.05, 3.63) is 54.4 Å². The highest BCUT2D eigenvalue weighted by Crippen LogP contribution is 2.33. The van der Waals surface area contributed by atoms with Crippen molar-refractivity contribution in [1.82, 2.24) is 10.3 Å². The van der Waals surface area contributed by atoms with Crippen molar-refractivity contribution in [1.29, 1.82) is 0 Å². The van der Waals surface area contributed by atoms with Gasteiger partial charge in [0.2, 0.25) is 0 Å². The molecule has 0 spiro atoms. The molecule has 0 radical (unpaired) electrons. The first kappa shape index (κ1) is 16.3. The quantitative estimate of drug-likeness (QED) is 0.871. The lowest BCUT2D eigenvalue weighted by atomic mass is 9.92. The van der Waals surface area contributed by atoms with E-state index in [-0.39, 0.29) is 10.4 Å². The minimum Gasteiger partial charge on any atom is -0.494 e. The van der Waals surface area contributed by atoms with Crippen LogP contribution in [0.25, 0.3) is 5.70 Å². The molecule has 3 rings (SSSR count). The molecule has 2 aromatic rings. The van der Waals surface area contributed by atoms with E-state index in [0.717, 1.165) is 5.70 Å². The Morgan fingerprint density at radius 2 is 1.92 bits per heavy atom. The number of anilines is 1. The van der Waals surface area contributed by atoms with Crippen LogP contribution in [-0.4, -0.2) is 26.1 Å². The molecule has 1 aromatic heterocycles. The van der Waals surface area contributed by atoms with Gasteiger partial charge in [-0.25, -0.2) is 8.42 Å². The van der Waals surface area contributed by atoms with Crippen molar-refractivity contribution < 1.29 is 13.2 Å². The molecule has 0 saturated carbocycles. The van der Waals surface area contributed by atoms with Crippen LogP contribution in [0.2, 0.25) is 0 Å². The molecular weight excluding hydrogens is 326 g/mol. The van der Waals surface area contributed by atoms with E-state index in [9.17, 15) is 8.42 Å². The minimum atomic E-state index is -3.79. The van der Waals surface area contributed by atoms with Gasteiger partial charge in [0.25, 0.3) is 10.0 Å². The fourth-order valence-electron chi connectivity index (χ4n) is 2.61. The van der Waals surface area contributed by atoms with Crippen molar-refractivity contribution in [2.45, 2.75) is 24.3 Å². The molecule has 2 N–H and O–H groups in total. The van der Waals surface area contributed by atoms with Crippen molar-refractivity contribution >= 4 is 21.4 Å². The molecule has 0 saturated heterocycles. The van der Waals surface area contributed by atoms with Gasteiger partial charge in [-0.1, -0.05) is 18.2 Å². The van der Waals surface area contributed by atoms with Crippen molar-refractivity contribution in [2.24, 2.45) is 0 Å². The molecule has 1 aliphatic rings. The number of nitrogens with zero attached hydrogens (tertiary/aromatic N) is 1. The zero-order valence-electron chi connectivity index (χ0n) is 13.7. The summed E-state index contributed by atoms with van der Waals surface area (Å²) in [6.45, 7) is 4.04. The number of sulfonamides is 1. The van der Waals surface area contributed by atoms with E-state index >= 15 is 0 Å². The molecular formula is C17H19N3O3S. The molecule has 0 bridgehead atoms. The number of hydrogen-bond donors (Lipinski definition) is 2. The van der Waals surface area contributed by atoms with Gasteiger partial charge in [0.15, 0.2) is 0 Å². The average Bonchev–Trinajstić information content (AvgIpc) is 2.52. The predicted octanol–water partition coefficient (Wildman–Crippen LogP) is 2.61. The van der Waals surface area contributed by atoms with Crippen LogP contribution in [0.4, 0.5) is 5.69 Å². The first-order chi connectivity index (χ1) is 11.3. The van der Waals surface area contributed by atoms with E-state index < -0.39 is 10.0 Å². The number of nitrogens with one attached hydrogen (secondary N) is 2. The van der Waals surface area contributed by atoms with E-state index in [0.29, 0.717) is 17.0 Å². The van der Waals surface area contributed by atoms with Crippen molar-refractivity contribution in [3.63, 3.8) is 0 Å². The lowest BCUT2D eigenvalue weighted by molar-refractivity contribution is 0.416. The summed E-state index contributed by atoms with van der Waals surface area (Å²) < 4.78 is 33.4. The van der Waals surface area contributed by atoms with E-state index in [1.165, 1.54) is 19.5 Å². The molecule has 24 heavy (non-hydrogen) atoms. The number of ether oxygens (including phenoxy) is 1. The molecule has 126 valence electrons. The molecule has 0 fully saturated rings. The maximum Gasteiger partial charge on any atom is 0.262 e. The van der Waals surface area contributed by atoms with Gasteiger partial charge < -0.3 is 10.1 Å². The summed E-state index contributed by atoms with van der Waals surface area (Å²) >= 11 is 0. The maximum absolute atomic E-state index is 12.8. The Morgan fingerprint density at radius 3 is 2.58 bits per heavy atom. The highest BCUT2D eigenvalue weighted by atomic mass is 32.2. The summed E-state index contributed by atoms with van der Waals surface area (Å²) in [6, 6.07) is 8.47. The number of methoxy groups -OCH3 is 1. The first-order valence-corrected chi connectivity index (χ1v) is 8.92. The van der Waals surface area contributed by atoms with E-state index in [2.05, 4.69) is 15.0 Å². The molecule has 0 aliphatic carbocycles. The molecule has 7 heteroatoms. The smallest absolute Gasteiger partial charge is 0.262 e. The lowest BCUT2D eigenvalue weighted by Gasteiger charge is -2.36. The standard InChI is InChI=1S/C17H19N3O3S/c1-17(2)10-13(19-17)12-6-4-5-7-16(12)24(21,22)20-14-11-18-9-8-15(14)23-3/h4-11,19-20H,1-3H3. The Hall–Kier alpha value is -2.54. The van der Waals surface area contributed by atoms with Gasteiger partial charge in [-0.05, 0) is 26.0 Å². The molecule has 0 atom stereocenters. The Kier molecular flexibility index (Phi) is 3.96. The van der Waals surface area contributed by atoms with Crippen molar-refractivity contribution in [3.8, 4) is 5.75 Å². The zero-order chi connectivity index (χ0) is 17.4.